The van der Waals surface area contributed by atoms with Crippen molar-refractivity contribution in [1.82, 2.24) is 0 Å². The molecule has 0 saturated heterocycles. The number of fused-ring (bicyclic) bond motifs is 1. The highest BCUT2D eigenvalue weighted by Crippen LogP contribution is 2.16. The Labute approximate surface area is 96.1 Å². The van der Waals surface area contributed by atoms with E-state index < -0.39 is 0 Å². The van der Waals surface area contributed by atoms with Crippen molar-refractivity contribution < 1.29 is 9.25 Å². The molecule has 2 aromatic rings. The molecule has 0 amide bonds. The molecule has 5 heteroatoms. The Bertz CT molecular complexity index is 604. The number of hydrogen-bond donors (Lipinski definition) is 0. The molecule has 82 valence electrons. The maximum absolute atomic E-state index is 11.9. The smallest absolute Gasteiger partial charge is 0.201 e. The largest absolute Gasteiger partial charge is 0.463 e. The Balaban J connectivity index is 2.68. The van der Waals surface area contributed by atoms with Gasteiger partial charge in [-0.05, 0) is 18.2 Å². The lowest BCUT2D eigenvalue weighted by Crippen LogP contribution is -2.07. The second kappa shape index (κ2) is 4.37. The maximum Gasteiger partial charge on any atom is 0.201 e. The van der Waals surface area contributed by atoms with E-state index >= 15 is 0 Å². The van der Waals surface area contributed by atoms with Gasteiger partial charge in [0, 0.05) is 5.02 Å². The van der Waals surface area contributed by atoms with Crippen LogP contribution in [0.4, 0.5) is 0 Å². The quantitative estimate of drug-likeness (QED) is 0.595. The van der Waals surface area contributed by atoms with E-state index in [1.165, 1.54) is 19.6 Å². The van der Waals surface area contributed by atoms with Crippen molar-refractivity contribution in [2.24, 2.45) is 5.16 Å². The van der Waals surface area contributed by atoms with Crippen LogP contribution in [0.15, 0.2) is 38.8 Å². The summed E-state index contributed by atoms with van der Waals surface area (Å²) in [6.45, 7) is 0. The van der Waals surface area contributed by atoms with Crippen LogP contribution in [-0.2, 0) is 4.84 Å². The summed E-state index contributed by atoms with van der Waals surface area (Å²) in [5.41, 5.74) is 0.616. The van der Waals surface area contributed by atoms with E-state index in [4.69, 9.17) is 16.0 Å². The first-order chi connectivity index (χ1) is 7.72. The Morgan fingerprint density at radius 1 is 1.50 bits per heavy atom. The molecular weight excluding hydrogens is 230 g/mol. The minimum Gasteiger partial charge on any atom is -0.463 e. The summed E-state index contributed by atoms with van der Waals surface area (Å²) in [5.74, 6) is 0. The van der Waals surface area contributed by atoms with Crippen molar-refractivity contribution in [2.75, 3.05) is 7.11 Å². The van der Waals surface area contributed by atoms with E-state index in [0.29, 0.717) is 21.6 Å². The second-order valence-corrected chi connectivity index (χ2v) is 3.51. The zero-order valence-electron chi connectivity index (χ0n) is 8.44. The maximum atomic E-state index is 11.9. The monoisotopic (exact) mass is 237 g/mol. The van der Waals surface area contributed by atoms with Gasteiger partial charge in [-0.1, -0.05) is 16.8 Å². The summed E-state index contributed by atoms with van der Waals surface area (Å²) < 4.78 is 5.27. The van der Waals surface area contributed by atoms with Crippen LogP contribution in [-0.4, -0.2) is 13.3 Å². The van der Waals surface area contributed by atoms with Gasteiger partial charge in [0.1, 0.15) is 19.0 Å². The summed E-state index contributed by atoms with van der Waals surface area (Å²) in [7, 11) is 1.40. The summed E-state index contributed by atoms with van der Waals surface area (Å²) in [4.78, 5) is 16.4. The number of halogens is 1. The van der Waals surface area contributed by atoms with Crippen LogP contribution < -0.4 is 5.43 Å². The van der Waals surface area contributed by atoms with E-state index in [0.717, 1.165) is 0 Å². The third-order valence-electron chi connectivity index (χ3n) is 2.06. The van der Waals surface area contributed by atoms with Crippen LogP contribution >= 0.6 is 11.6 Å². The molecule has 0 saturated carbocycles. The predicted molar refractivity (Wildman–Crippen MR) is 62.1 cm³/mol. The van der Waals surface area contributed by atoms with Gasteiger partial charge >= 0.3 is 0 Å². The van der Waals surface area contributed by atoms with Crippen molar-refractivity contribution in [3.63, 3.8) is 0 Å². The van der Waals surface area contributed by atoms with Crippen LogP contribution in [0.5, 0.6) is 0 Å². The minimum atomic E-state index is -0.190. The second-order valence-electron chi connectivity index (χ2n) is 3.08. The highest BCUT2D eigenvalue weighted by Gasteiger charge is 2.05. The SMILES string of the molecule is CO/N=C/c1coc2ccc(Cl)cc2c1=O. The standard InChI is InChI=1S/C11H8ClNO3/c1-15-13-5-7-6-16-10-3-2-8(12)4-9(10)11(7)14/h2-6H,1H3/b13-5+. The van der Waals surface area contributed by atoms with Crippen LogP contribution in [0, 0.1) is 0 Å². The van der Waals surface area contributed by atoms with Gasteiger partial charge in [0.25, 0.3) is 0 Å². The third kappa shape index (κ3) is 1.92. The van der Waals surface area contributed by atoms with Gasteiger partial charge in [-0.3, -0.25) is 4.79 Å². The Hall–Kier alpha value is -1.81. The molecule has 0 aliphatic carbocycles. The summed E-state index contributed by atoms with van der Waals surface area (Å²) in [5, 5.41) is 4.42. The number of nitrogens with zero attached hydrogens (tertiary/aromatic N) is 1. The van der Waals surface area contributed by atoms with Gasteiger partial charge in [-0.2, -0.15) is 0 Å². The normalized spacial score (nSPS) is 11.1. The van der Waals surface area contributed by atoms with Crippen LogP contribution in [0.2, 0.25) is 5.02 Å². The molecule has 0 fully saturated rings. The number of hydrogen-bond acceptors (Lipinski definition) is 4. The first kappa shape index (κ1) is 10.7. The van der Waals surface area contributed by atoms with Crippen molar-refractivity contribution in [3.05, 3.63) is 45.3 Å². The van der Waals surface area contributed by atoms with Gasteiger partial charge in [0.15, 0.2) is 0 Å². The fourth-order valence-electron chi connectivity index (χ4n) is 1.32. The molecule has 0 aliphatic heterocycles. The Kier molecular flexibility index (Phi) is 2.92. The zero-order valence-corrected chi connectivity index (χ0v) is 9.19. The van der Waals surface area contributed by atoms with Gasteiger partial charge in [0.2, 0.25) is 5.43 Å². The highest BCUT2D eigenvalue weighted by atomic mass is 35.5. The van der Waals surface area contributed by atoms with Crippen LogP contribution in [0.3, 0.4) is 0 Å². The minimum absolute atomic E-state index is 0.190. The molecule has 0 aliphatic rings. The Morgan fingerprint density at radius 3 is 3.06 bits per heavy atom. The molecule has 0 N–H and O–H groups in total. The van der Waals surface area contributed by atoms with E-state index in [2.05, 4.69) is 9.99 Å². The molecule has 1 aromatic carbocycles. The van der Waals surface area contributed by atoms with E-state index in [9.17, 15) is 4.79 Å². The van der Waals surface area contributed by atoms with Crippen LogP contribution in [0.25, 0.3) is 11.0 Å². The third-order valence-corrected chi connectivity index (χ3v) is 2.29. The fraction of sp³-hybridized carbons (Fsp3) is 0.0909. The molecular formula is C11H8ClNO3. The molecule has 16 heavy (non-hydrogen) atoms. The van der Waals surface area contributed by atoms with E-state index in [-0.39, 0.29) is 5.43 Å². The molecule has 1 aromatic heterocycles. The first-order valence-corrected chi connectivity index (χ1v) is 4.88. The lowest BCUT2D eigenvalue weighted by molar-refractivity contribution is 0.215. The van der Waals surface area contributed by atoms with Gasteiger partial charge in [-0.25, -0.2) is 0 Å². The zero-order chi connectivity index (χ0) is 11.5. The van der Waals surface area contributed by atoms with Crippen molar-refractivity contribution >= 4 is 28.8 Å². The average Bonchev–Trinajstić information content (AvgIpc) is 2.29. The number of benzene rings is 1. The molecule has 4 nitrogen and oxygen atoms in total. The molecule has 0 spiro atoms. The topological polar surface area (TPSA) is 51.8 Å². The van der Waals surface area contributed by atoms with Crippen molar-refractivity contribution in [3.8, 4) is 0 Å². The summed E-state index contributed by atoms with van der Waals surface area (Å²) in [6.07, 6.45) is 2.63. The fourth-order valence-corrected chi connectivity index (χ4v) is 1.49. The summed E-state index contributed by atoms with van der Waals surface area (Å²) >= 11 is 5.81. The van der Waals surface area contributed by atoms with E-state index in [1.54, 1.807) is 18.2 Å². The van der Waals surface area contributed by atoms with Crippen molar-refractivity contribution in [1.29, 1.82) is 0 Å². The van der Waals surface area contributed by atoms with Gasteiger partial charge in [0.05, 0.1) is 17.2 Å². The molecule has 1 heterocycles. The first-order valence-electron chi connectivity index (χ1n) is 4.50. The van der Waals surface area contributed by atoms with Gasteiger partial charge < -0.3 is 9.25 Å². The molecule has 0 unspecified atom stereocenters. The van der Waals surface area contributed by atoms with E-state index in [1.807, 2.05) is 0 Å². The Morgan fingerprint density at radius 2 is 2.31 bits per heavy atom. The molecule has 0 radical (unpaired) electrons. The molecule has 0 atom stereocenters. The highest BCUT2D eigenvalue weighted by molar-refractivity contribution is 6.31. The summed E-state index contributed by atoms with van der Waals surface area (Å²) in [6, 6.07) is 4.87. The lowest BCUT2D eigenvalue weighted by atomic mass is 10.2. The number of rotatable bonds is 2. The molecule has 2 rings (SSSR count). The van der Waals surface area contributed by atoms with Crippen molar-refractivity contribution in [2.45, 2.75) is 0 Å². The lowest BCUT2D eigenvalue weighted by Gasteiger charge is -1.98. The van der Waals surface area contributed by atoms with Crippen LogP contribution in [0.1, 0.15) is 5.56 Å². The molecule has 0 bridgehead atoms. The number of oxime groups is 1. The van der Waals surface area contributed by atoms with Gasteiger partial charge in [-0.15, -0.1) is 0 Å². The average molecular weight is 238 g/mol. The predicted octanol–water partition coefficient (Wildman–Crippen LogP) is 2.43.